The number of esters is 2. The number of hydrogen-bond acceptors (Lipinski definition) is 11. The van der Waals surface area contributed by atoms with Gasteiger partial charge in [-0.3, -0.25) is 9.69 Å². The Kier molecular flexibility index (Phi) is 10.6. The summed E-state index contributed by atoms with van der Waals surface area (Å²) in [7, 11) is 2.87. The molecule has 10 atom stereocenters. The molecule has 4 aliphatic heterocycles. The molecule has 11 nitrogen and oxygen atoms in total. The molecule has 2 bridgehead atoms. The van der Waals surface area contributed by atoms with E-state index >= 15 is 0 Å². The number of carbonyl (C=O) groups excluding carboxylic acids is 2. The average Bonchev–Trinajstić information content (AvgIpc) is 3.60. The van der Waals surface area contributed by atoms with Crippen molar-refractivity contribution in [1.82, 2.24) is 15.5 Å². The van der Waals surface area contributed by atoms with Gasteiger partial charge < -0.3 is 40.2 Å². The maximum Gasteiger partial charge on any atom is 0.343 e. The van der Waals surface area contributed by atoms with E-state index in [0.29, 0.717) is 37.0 Å². The Balaban J connectivity index is 1.41. The summed E-state index contributed by atoms with van der Waals surface area (Å²) in [5.41, 5.74) is -0.400. The number of nitrogens with zero attached hydrogens (tertiary/aromatic N) is 1. The molecule has 0 radical (unpaired) electrons. The Bertz CT molecular complexity index is 1500. The molecule has 0 aromatic rings. The molecule has 3 aliphatic carbocycles. The Morgan fingerprint density at radius 3 is 2.57 bits per heavy atom. The predicted octanol–water partition coefficient (Wildman–Crippen LogP) is 3.24. The first-order valence-electron chi connectivity index (χ1n) is 19.2. The third kappa shape index (κ3) is 6.51. The number of carbonyl (C=O) groups is 2. The maximum atomic E-state index is 13.5. The Morgan fingerprint density at radius 2 is 1.80 bits per heavy atom. The molecule has 4 heterocycles. The molecule has 0 aromatic carbocycles. The van der Waals surface area contributed by atoms with Crippen molar-refractivity contribution >= 4 is 11.9 Å². The van der Waals surface area contributed by atoms with Gasteiger partial charge in [0.1, 0.15) is 11.9 Å². The van der Waals surface area contributed by atoms with Gasteiger partial charge in [0.15, 0.2) is 6.29 Å². The van der Waals surface area contributed by atoms with Gasteiger partial charge in [0.05, 0.1) is 19.6 Å². The van der Waals surface area contributed by atoms with Crippen molar-refractivity contribution in [2.75, 3.05) is 40.4 Å². The highest BCUT2D eigenvalue weighted by atomic mass is 16.6. The number of aliphatic hydroxyl groups is 3. The van der Waals surface area contributed by atoms with E-state index in [1.54, 1.807) is 7.11 Å². The Morgan fingerprint density at radius 1 is 1.00 bits per heavy atom. The molecule has 3 saturated heterocycles. The molecule has 0 aromatic heterocycles. The first-order chi connectivity index (χ1) is 24.6. The van der Waals surface area contributed by atoms with Crippen molar-refractivity contribution in [2.24, 2.45) is 35.0 Å². The molecule has 0 amide bonds. The average molecular weight is 708 g/mol. The minimum Gasteiger partial charge on any atom is -0.497 e. The second-order valence-corrected chi connectivity index (χ2v) is 16.1. The minimum atomic E-state index is -2.12. The van der Waals surface area contributed by atoms with Crippen LogP contribution in [0.2, 0.25) is 0 Å². The number of β-amino-alcohol motifs (C(OH)–C–C–N with tert-alkyl or cyclic N) is 1. The van der Waals surface area contributed by atoms with Crippen LogP contribution in [0.3, 0.4) is 0 Å². The van der Waals surface area contributed by atoms with Gasteiger partial charge in [-0.1, -0.05) is 49.6 Å². The van der Waals surface area contributed by atoms with Crippen molar-refractivity contribution in [3.63, 3.8) is 0 Å². The summed E-state index contributed by atoms with van der Waals surface area (Å²) < 4.78 is 17.3. The number of ether oxygens (including phenoxy) is 3. The van der Waals surface area contributed by atoms with Gasteiger partial charge in [0, 0.05) is 55.2 Å². The lowest BCUT2D eigenvalue weighted by molar-refractivity contribution is -0.195. The van der Waals surface area contributed by atoms with Gasteiger partial charge in [0.2, 0.25) is 5.60 Å². The molecular formula is C40H57N3O8. The highest BCUT2D eigenvalue weighted by Gasteiger charge is 2.60. The summed E-state index contributed by atoms with van der Waals surface area (Å²) in [5.74, 6) is -0.358. The van der Waals surface area contributed by atoms with Crippen LogP contribution in [-0.2, 0) is 23.8 Å². The predicted molar refractivity (Wildman–Crippen MR) is 190 cm³/mol. The Labute approximate surface area is 301 Å². The van der Waals surface area contributed by atoms with Crippen molar-refractivity contribution in [3.05, 3.63) is 59.1 Å². The number of methoxy groups -OCH3 is 2. The van der Waals surface area contributed by atoms with Gasteiger partial charge in [-0.15, -0.1) is 0 Å². The zero-order chi connectivity index (χ0) is 35.9. The largest absolute Gasteiger partial charge is 0.497 e. The van der Waals surface area contributed by atoms with E-state index in [4.69, 9.17) is 14.2 Å². The maximum absolute atomic E-state index is 13.5. The Hall–Kier alpha value is -2.96. The fraction of sp³-hybridized carbons (Fsp3) is 0.700. The lowest BCUT2D eigenvalue weighted by Gasteiger charge is -2.49. The van der Waals surface area contributed by atoms with Crippen molar-refractivity contribution in [2.45, 2.75) is 101 Å². The zero-order valence-electron chi connectivity index (χ0n) is 30.4. The SMILES string of the molecule is COC(=O)[C@]1(O)CNC2C=C(OC)C([C@@]3(C(O)O)CC4CCCC(C/C5=C\3NC/C=C\C=C/C5)C4)=CC2[C@@H]2CCN3CCCC(C23)[C@H]1OC(C)=O. The van der Waals surface area contributed by atoms with Crippen LogP contribution in [0.5, 0.6) is 0 Å². The molecule has 11 heteroatoms. The fourth-order valence-corrected chi connectivity index (χ4v) is 11.3. The molecule has 5 N–H and O–H groups in total. The first kappa shape index (κ1) is 36.4. The number of rotatable bonds is 5. The molecule has 280 valence electrons. The van der Waals surface area contributed by atoms with Gasteiger partial charge in [-0.2, -0.15) is 0 Å². The van der Waals surface area contributed by atoms with Crippen LogP contribution in [0.15, 0.2) is 59.1 Å². The summed E-state index contributed by atoms with van der Waals surface area (Å²) >= 11 is 0. The van der Waals surface area contributed by atoms with E-state index in [1.165, 1.54) is 26.0 Å². The summed E-state index contributed by atoms with van der Waals surface area (Å²) in [6, 6.07) is -0.446. The smallest absolute Gasteiger partial charge is 0.343 e. The van der Waals surface area contributed by atoms with Crippen molar-refractivity contribution < 1.29 is 39.1 Å². The normalized spacial score (nSPS) is 42.4. The van der Waals surface area contributed by atoms with Crippen LogP contribution in [0.4, 0.5) is 0 Å². The topological polar surface area (TPSA) is 150 Å². The summed E-state index contributed by atoms with van der Waals surface area (Å²) in [6.45, 7) is 3.40. The number of allylic oxidation sites excluding steroid dienone is 5. The van der Waals surface area contributed by atoms with E-state index in [0.717, 1.165) is 69.3 Å². The molecule has 7 aliphatic rings. The lowest BCUT2D eigenvalue weighted by atomic mass is 9.60. The molecule has 0 spiro atoms. The summed E-state index contributed by atoms with van der Waals surface area (Å²) in [4.78, 5) is 28.5. The highest BCUT2D eigenvalue weighted by Crippen LogP contribution is 2.56. The number of hydrogen-bond donors (Lipinski definition) is 5. The van der Waals surface area contributed by atoms with E-state index in [9.17, 15) is 24.9 Å². The standard InChI is InChI=1S/C40H57N3O8/c1-24(44)51-36-29-13-9-16-43-17-14-28(34(29)43)30-20-31(33(49-2)21-32(30)42-23-40(36,48)38(47)50-3)39(37(45)46)22-26-11-8-10-25(18-26)19-27-12-6-4-5-7-15-41-35(27)39/h4-7,20-21,25-26,28-30,32,34,36-37,41-42,45-46,48H,8-19,22-23H2,1-3H3/b6-4-,7-5-,35-27+/t25?,26?,28-,29?,30?,32?,34?,36+,39-,40-/m0/s1. The van der Waals surface area contributed by atoms with Gasteiger partial charge >= 0.3 is 11.9 Å². The zero-order valence-corrected chi connectivity index (χ0v) is 30.4. The third-order valence-corrected chi connectivity index (χ3v) is 13.3. The van der Waals surface area contributed by atoms with Crippen LogP contribution in [-0.4, -0.2) is 103 Å². The van der Waals surface area contributed by atoms with Crippen LogP contribution < -0.4 is 10.6 Å². The molecule has 6 unspecified atom stereocenters. The van der Waals surface area contributed by atoms with E-state index in [-0.39, 0.29) is 36.4 Å². The van der Waals surface area contributed by atoms with E-state index in [1.807, 2.05) is 12.2 Å². The number of aliphatic hydroxyl groups excluding tert-OH is 1. The van der Waals surface area contributed by atoms with Crippen LogP contribution in [0.1, 0.15) is 71.1 Å². The van der Waals surface area contributed by atoms with Gasteiger partial charge in [-0.25, -0.2) is 4.79 Å². The minimum absolute atomic E-state index is 0.0591. The molecule has 51 heavy (non-hydrogen) atoms. The highest BCUT2D eigenvalue weighted by molar-refractivity contribution is 5.81. The molecular weight excluding hydrogens is 650 g/mol. The van der Waals surface area contributed by atoms with Gasteiger partial charge in [0.25, 0.3) is 0 Å². The summed E-state index contributed by atoms with van der Waals surface area (Å²) in [5, 5.41) is 43.2. The fourth-order valence-electron chi connectivity index (χ4n) is 11.3. The lowest BCUT2D eigenvalue weighted by Crippen LogP contribution is -2.63. The van der Waals surface area contributed by atoms with E-state index in [2.05, 4.69) is 39.8 Å². The van der Waals surface area contributed by atoms with Crippen molar-refractivity contribution in [3.8, 4) is 0 Å². The van der Waals surface area contributed by atoms with Crippen LogP contribution in [0, 0.1) is 35.0 Å². The molecule has 1 saturated carbocycles. The third-order valence-electron chi connectivity index (χ3n) is 13.3. The second kappa shape index (κ2) is 14.8. The number of piperidine rings is 1. The first-order valence-corrected chi connectivity index (χ1v) is 19.2. The quantitative estimate of drug-likeness (QED) is 0.212. The number of nitrogens with one attached hydrogen (secondary N) is 2. The monoisotopic (exact) mass is 707 g/mol. The summed E-state index contributed by atoms with van der Waals surface area (Å²) in [6.07, 6.45) is 18.9. The van der Waals surface area contributed by atoms with Crippen molar-refractivity contribution in [1.29, 1.82) is 0 Å². The van der Waals surface area contributed by atoms with Gasteiger partial charge in [-0.05, 0) is 87.4 Å². The molecule has 7 rings (SSSR count). The van der Waals surface area contributed by atoms with Crippen LogP contribution in [0.25, 0.3) is 0 Å². The molecule has 4 fully saturated rings. The van der Waals surface area contributed by atoms with E-state index < -0.39 is 35.3 Å². The second-order valence-electron chi connectivity index (χ2n) is 16.1. The van der Waals surface area contributed by atoms with Crippen LogP contribution >= 0.6 is 0 Å². The number of fused-ring (bicyclic) bond motifs is 4.